The van der Waals surface area contributed by atoms with Crippen LogP contribution in [-0.4, -0.2) is 35.6 Å². The Morgan fingerprint density at radius 3 is 2.69 bits per heavy atom. The number of rotatable bonds is 5. The molecule has 0 amide bonds. The third-order valence-electron chi connectivity index (χ3n) is 1.83. The molecule has 0 aliphatic heterocycles. The van der Waals surface area contributed by atoms with Gasteiger partial charge in [0.05, 0.1) is 0 Å². The summed E-state index contributed by atoms with van der Waals surface area (Å²) < 4.78 is 0. The Morgan fingerprint density at radius 1 is 1.31 bits per heavy atom. The predicted octanol–water partition coefficient (Wildman–Crippen LogP) is 1.97. The highest BCUT2D eigenvalue weighted by Crippen LogP contribution is 2.11. The van der Waals surface area contributed by atoms with E-state index in [9.17, 15) is 0 Å². The van der Waals surface area contributed by atoms with Gasteiger partial charge in [0.15, 0.2) is 0 Å². The first-order valence-electron chi connectivity index (χ1n) is 5.07. The molecule has 0 fully saturated rings. The van der Waals surface area contributed by atoms with Gasteiger partial charge in [-0.1, -0.05) is 12.2 Å². The molecular weight excluding hydrogens is 226 g/mol. The first kappa shape index (κ1) is 12.7. The Kier molecular flexibility index (Phi) is 4.98. The Morgan fingerprint density at radius 2 is 2.06 bits per heavy atom. The topological polar surface area (TPSA) is 53.9 Å². The lowest BCUT2D eigenvalue weighted by Crippen LogP contribution is -2.15. The Hall–Kier alpha value is -1.36. The summed E-state index contributed by atoms with van der Waals surface area (Å²) in [5, 5.41) is 3.29. The Bertz CT molecular complexity index is 364. The normalized spacial score (nSPS) is 10.8. The summed E-state index contributed by atoms with van der Waals surface area (Å²) in [5.74, 6) is 1.06. The van der Waals surface area contributed by atoms with Crippen LogP contribution in [0.2, 0.25) is 5.28 Å². The monoisotopic (exact) mass is 241 g/mol. The number of nitrogens with one attached hydrogen (secondary N) is 1. The summed E-state index contributed by atoms with van der Waals surface area (Å²) in [6, 6.07) is 0. The fourth-order valence-corrected chi connectivity index (χ4v) is 1.21. The standard InChI is InChI=1S/C10H16ClN5/c1-4-5-6-7-12-9-13-8(11)14-10(15-9)16(2)3/h4-5H,6-7H2,1-3H3,(H,12,13,14,15)/b5-4+. The fraction of sp³-hybridized carbons (Fsp3) is 0.500. The third kappa shape index (κ3) is 4.02. The van der Waals surface area contributed by atoms with Gasteiger partial charge in [0, 0.05) is 20.6 Å². The number of nitrogens with zero attached hydrogens (tertiary/aromatic N) is 4. The predicted molar refractivity (Wildman–Crippen MR) is 67.1 cm³/mol. The van der Waals surface area contributed by atoms with E-state index in [2.05, 4.69) is 26.3 Å². The van der Waals surface area contributed by atoms with Gasteiger partial charge in [0.2, 0.25) is 17.2 Å². The Balaban J connectivity index is 2.65. The first-order chi connectivity index (χ1) is 7.63. The zero-order chi connectivity index (χ0) is 12.0. The van der Waals surface area contributed by atoms with Crippen LogP contribution in [0.4, 0.5) is 11.9 Å². The molecule has 1 heterocycles. The van der Waals surface area contributed by atoms with Crippen LogP contribution in [0.5, 0.6) is 0 Å². The largest absolute Gasteiger partial charge is 0.354 e. The van der Waals surface area contributed by atoms with E-state index >= 15 is 0 Å². The molecule has 0 saturated heterocycles. The van der Waals surface area contributed by atoms with Crippen molar-refractivity contribution in [3.63, 3.8) is 0 Å². The van der Waals surface area contributed by atoms with Gasteiger partial charge in [-0.15, -0.1) is 0 Å². The molecule has 6 heteroatoms. The fourth-order valence-electron chi connectivity index (χ4n) is 1.05. The molecule has 88 valence electrons. The van der Waals surface area contributed by atoms with Gasteiger partial charge in [-0.25, -0.2) is 0 Å². The lowest BCUT2D eigenvalue weighted by Gasteiger charge is -2.11. The van der Waals surface area contributed by atoms with Crippen LogP contribution >= 0.6 is 11.6 Å². The van der Waals surface area contributed by atoms with E-state index in [1.165, 1.54) is 0 Å². The quantitative estimate of drug-likeness (QED) is 0.631. The van der Waals surface area contributed by atoms with E-state index in [-0.39, 0.29) is 5.28 Å². The second-order valence-corrected chi connectivity index (χ2v) is 3.75. The van der Waals surface area contributed by atoms with Gasteiger partial charge in [-0.2, -0.15) is 15.0 Å². The number of hydrogen-bond donors (Lipinski definition) is 1. The van der Waals surface area contributed by atoms with Gasteiger partial charge >= 0.3 is 0 Å². The van der Waals surface area contributed by atoms with Crippen LogP contribution in [0.15, 0.2) is 12.2 Å². The smallest absolute Gasteiger partial charge is 0.230 e. The zero-order valence-electron chi connectivity index (χ0n) is 9.74. The maximum atomic E-state index is 5.79. The molecule has 0 saturated carbocycles. The minimum absolute atomic E-state index is 0.201. The van der Waals surface area contributed by atoms with Crippen molar-refractivity contribution in [2.45, 2.75) is 13.3 Å². The molecule has 0 aromatic carbocycles. The number of allylic oxidation sites excluding steroid dienone is 1. The number of aromatic nitrogens is 3. The van der Waals surface area contributed by atoms with Crippen molar-refractivity contribution in [3.05, 3.63) is 17.4 Å². The minimum atomic E-state index is 0.201. The van der Waals surface area contributed by atoms with E-state index in [1.807, 2.05) is 27.1 Å². The van der Waals surface area contributed by atoms with Crippen LogP contribution in [0.25, 0.3) is 0 Å². The van der Waals surface area contributed by atoms with Gasteiger partial charge in [-0.05, 0) is 24.9 Å². The van der Waals surface area contributed by atoms with Crippen molar-refractivity contribution in [2.24, 2.45) is 0 Å². The highest BCUT2D eigenvalue weighted by molar-refractivity contribution is 6.28. The van der Waals surface area contributed by atoms with Gasteiger partial charge in [0.25, 0.3) is 0 Å². The van der Waals surface area contributed by atoms with E-state index < -0.39 is 0 Å². The van der Waals surface area contributed by atoms with Gasteiger partial charge in [-0.3, -0.25) is 0 Å². The number of anilines is 2. The lowest BCUT2D eigenvalue weighted by molar-refractivity contribution is 0.936. The van der Waals surface area contributed by atoms with Crippen molar-refractivity contribution in [3.8, 4) is 0 Å². The summed E-state index contributed by atoms with van der Waals surface area (Å²) in [4.78, 5) is 14.0. The van der Waals surface area contributed by atoms with Gasteiger partial charge < -0.3 is 10.2 Å². The maximum absolute atomic E-state index is 5.79. The van der Waals surface area contributed by atoms with Crippen LogP contribution in [0.3, 0.4) is 0 Å². The number of hydrogen-bond acceptors (Lipinski definition) is 5. The summed E-state index contributed by atoms with van der Waals surface area (Å²) in [6.07, 6.45) is 5.01. The van der Waals surface area contributed by atoms with E-state index in [4.69, 9.17) is 11.6 Å². The molecule has 0 radical (unpaired) electrons. The second-order valence-electron chi connectivity index (χ2n) is 3.41. The molecule has 16 heavy (non-hydrogen) atoms. The van der Waals surface area contributed by atoms with Crippen LogP contribution in [0, 0.1) is 0 Å². The van der Waals surface area contributed by atoms with Crippen molar-refractivity contribution < 1.29 is 0 Å². The maximum Gasteiger partial charge on any atom is 0.230 e. The molecule has 0 atom stereocenters. The van der Waals surface area contributed by atoms with Crippen molar-refractivity contribution in [1.29, 1.82) is 0 Å². The number of halogens is 1. The van der Waals surface area contributed by atoms with Crippen molar-refractivity contribution in [2.75, 3.05) is 30.9 Å². The van der Waals surface area contributed by atoms with Gasteiger partial charge in [0.1, 0.15) is 0 Å². The average Bonchev–Trinajstić information content (AvgIpc) is 2.23. The molecule has 1 N–H and O–H groups in total. The van der Waals surface area contributed by atoms with Crippen molar-refractivity contribution in [1.82, 2.24) is 15.0 Å². The van der Waals surface area contributed by atoms with Crippen molar-refractivity contribution >= 4 is 23.5 Å². The minimum Gasteiger partial charge on any atom is -0.354 e. The van der Waals surface area contributed by atoms with E-state index in [0.717, 1.165) is 13.0 Å². The molecular formula is C10H16ClN5. The molecule has 5 nitrogen and oxygen atoms in total. The highest BCUT2D eigenvalue weighted by atomic mass is 35.5. The summed E-state index contributed by atoms with van der Waals surface area (Å²) in [5.41, 5.74) is 0. The van der Waals surface area contributed by atoms with Crippen LogP contribution in [-0.2, 0) is 0 Å². The lowest BCUT2D eigenvalue weighted by atomic mass is 10.4. The average molecular weight is 242 g/mol. The first-order valence-corrected chi connectivity index (χ1v) is 5.45. The third-order valence-corrected chi connectivity index (χ3v) is 2.00. The molecule has 1 aromatic rings. The Labute approximate surface area is 101 Å². The molecule has 0 aliphatic carbocycles. The zero-order valence-corrected chi connectivity index (χ0v) is 10.5. The molecule has 1 rings (SSSR count). The molecule has 0 bridgehead atoms. The van der Waals surface area contributed by atoms with Crippen LogP contribution in [0.1, 0.15) is 13.3 Å². The summed E-state index contributed by atoms with van der Waals surface area (Å²) in [7, 11) is 3.71. The summed E-state index contributed by atoms with van der Waals surface area (Å²) in [6.45, 7) is 2.77. The highest BCUT2D eigenvalue weighted by Gasteiger charge is 2.05. The molecule has 1 aromatic heterocycles. The SMILES string of the molecule is C/C=C/CCNc1nc(Cl)nc(N(C)C)n1. The second kappa shape index (κ2) is 6.27. The van der Waals surface area contributed by atoms with E-state index in [1.54, 1.807) is 4.90 Å². The van der Waals surface area contributed by atoms with Crippen LogP contribution < -0.4 is 10.2 Å². The molecule has 0 aliphatic rings. The summed E-state index contributed by atoms with van der Waals surface area (Å²) >= 11 is 5.79. The molecule has 0 unspecified atom stereocenters. The van der Waals surface area contributed by atoms with E-state index in [0.29, 0.717) is 11.9 Å². The molecule has 0 spiro atoms.